The van der Waals surface area contributed by atoms with Crippen LogP contribution in [0.3, 0.4) is 0 Å². The molecule has 1 aliphatic heterocycles. The zero-order chi connectivity index (χ0) is 18.8. The van der Waals surface area contributed by atoms with Crippen LogP contribution in [0, 0.1) is 0 Å². The first-order chi connectivity index (χ1) is 13.1. The van der Waals surface area contributed by atoms with Crippen molar-refractivity contribution < 1.29 is 23.8 Å². The Hall–Kier alpha value is -3.02. The third-order valence-corrected chi connectivity index (χ3v) is 4.95. The van der Waals surface area contributed by atoms with Crippen LogP contribution in [0.1, 0.15) is 47.3 Å². The Kier molecular flexibility index (Phi) is 4.71. The molecule has 0 fully saturated rings. The predicted molar refractivity (Wildman–Crippen MR) is 97.7 cm³/mol. The average Bonchev–Trinajstić information content (AvgIpc) is 3.16. The normalized spacial score (nSPS) is 18.3. The summed E-state index contributed by atoms with van der Waals surface area (Å²) in [6.45, 7) is 1.71. The monoisotopic (exact) mass is 367 g/mol. The van der Waals surface area contributed by atoms with Gasteiger partial charge >= 0.3 is 5.97 Å². The van der Waals surface area contributed by atoms with Gasteiger partial charge < -0.3 is 19.5 Å². The van der Waals surface area contributed by atoms with E-state index in [1.54, 1.807) is 25.1 Å². The fraction of sp³-hybridized carbons (Fsp3) is 0.333. The third-order valence-electron chi connectivity index (χ3n) is 4.95. The number of amides is 1. The largest absolute Gasteiger partial charge is 0.454 e. The quantitative estimate of drug-likeness (QED) is 0.841. The number of esters is 1. The molecule has 1 N–H and O–H groups in total. The molecular formula is C21H21NO5. The van der Waals surface area contributed by atoms with Crippen LogP contribution in [-0.2, 0) is 16.0 Å². The molecule has 1 heterocycles. The summed E-state index contributed by atoms with van der Waals surface area (Å²) in [4.78, 5) is 24.9. The van der Waals surface area contributed by atoms with Crippen molar-refractivity contribution in [1.29, 1.82) is 0 Å². The first-order valence-electron chi connectivity index (χ1n) is 9.10. The molecule has 2 atom stereocenters. The minimum absolute atomic E-state index is 0.0471. The zero-order valence-corrected chi connectivity index (χ0v) is 15.1. The van der Waals surface area contributed by atoms with E-state index < -0.39 is 12.1 Å². The minimum atomic E-state index is -0.892. The van der Waals surface area contributed by atoms with Crippen molar-refractivity contribution in [3.63, 3.8) is 0 Å². The summed E-state index contributed by atoms with van der Waals surface area (Å²) in [5, 5.41) is 3.01. The Bertz CT molecular complexity index is 879. The summed E-state index contributed by atoms with van der Waals surface area (Å²) in [5.74, 6) is 0.222. The molecule has 0 aromatic heterocycles. The first kappa shape index (κ1) is 17.4. The van der Waals surface area contributed by atoms with Crippen LogP contribution in [0.15, 0.2) is 42.5 Å². The van der Waals surface area contributed by atoms with E-state index in [4.69, 9.17) is 14.2 Å². The number of nitrogens with one attached hydrogen (secondary N) is 1. The summed E-state index contributed by atoms with van der Waals surface area (Å²) in [6, 6.07) is 12.9. The van der Waals surface area contributed by atoms with E-state index in [1.807, 2.05) is 18.2 Å². The van der Waals surface area contributed by atoms with Crippen molar-refractivity contribution in [3.8, 4) is 11.5 Å². The number of benzene rings is 2. The lowest BCUT2D eigenvalue weighted by molar-refractivity contribution is -0.130. The molecule has 0 radical (unpaired) electrons. The first-order valence-corrected chi connectivity index (χ1v) is 9.10. The summed E-state index contributed by atoms with van der Waals surface area (Å²) in [6.07, 6.45) is 2.04. The number of aryl methyl sites for hydroxylation is 1. The van der Waals surface area contributed by atoms with E-state index in [0.29, 0.717) is 17.1 Å². The number of fused-ring (bicyclic) bond motifs is 2. The van der Waals surface area contributed by atoms with Crippen molar-refractivity contribution in [2.75, 3.05) is 6.79 Å². The lowest BCUT2D eigenvalue weighted by Crippen LogP contribution is -2.39. The van der Waals surface area contributed by atoms with Crippen molar-refractivity contribution >= 4 is 11.9 Å². The van der Waals surface area contributed by atoms with Crippen LogP contribution >= 0.6 is 0 Å². The van der Waals surface area contributed by atoms with Crippen LogP contribution in [-0.4, -0.2) is 24.8 Å². The number of ether oxygens (including phenoxy) is 3. The molecule has 6 nitrogen and oxygen atoms in total. The van der Waals surface area contributed by atoms with E-state index in [1.165, 1.54) is 5.56 Å². The van der Waals surface area contributed by atoms with Gasteiger partial charge in [-0.25, -0.2) is 4.79 Å². The van der Waals surface area contributed by atoms with Gasteiger partial charge in [-0.15, -0.1) is 0 Å². The van der Waals surface area contributed by atoms with Crippen molar-refractivity contribution in [3.05, 3.63) is 59.2 Å². The van der Waals surface area contributed by atoms with Crippen LogP contribution in [0.25, 0.3) is 0 Å². The highest BCUT2D eigenvalue weighted by atomic mass is 16.7. The molecule has 0 spiro atoms. The highest BCUT2D eigenvalue weighted by Crippen LogP contribution is 2.33. The van der Waals surface area contributed by atoms with Gasteiger partial charge in [0.15, 0.2) is 17.6 Å². The van der Waals surface area contributed by atoms with Crippen LogP contribution in [0.2, 0.25) is 0 Å². The summed E-state index contributed by atoms with van der Waals surface area (Å²) < 4.78 is 15.8. The Labute approximate surface area is 157 Å². The third kappa shape index (κ3) is 3.60. The molecule has 2 aromatic rings. The Morgan fingerprint density at radius 3 is 2.85 bits per heavy atom. The smallest absolute Gasteiger partial charge is 0.339 e. The Morgan fingerprint density at radius 2 is 1.96 bits per heavy atom. The molecule has 2 aliphatic rings. The maximum Gasteiger partial charge on any atom is 0.339 e. The molecule has 1 amide bonds. The molecule has 140 valence electrons. The van der Waals surface area contributed by atoms with Crippen molar-refractivity contribution in [2.24, 2.45) is 0 Å². The fourth-order valence-electron chi connectivity index (χ4n) is 3.50. The van der Waals surface area contributed by atoms with Crippen LogP contribution < -0.4 is 14.8 Å². The standard InChI is InChI=1S/C21H21NO5/c1-13(27-21(24)15-9-10-18-19(11-15)26-12-25-18)20(23)22-17-8-4-6-14-5-2-3-7-16(14)17/h2-3,5,7,9-11,13,17H,4,6,8,12H2,1H3,(H,22,23)/t13-,17-/m1/s1. The summed E-state index contributed by atoms with van der Waals surface area (Å²) in [7, 11) is 0. The van der Waals surface area contributed by atoms with E-state index >= 15 is 0 Å². The Balaban J connectivity index is 1.39. The molecule has 0 saturated carbocycles. The maximum atomic E-state index is 12.5. The van der Waals surface area contributed by atoms with E-state index in [2.05, 4.69) is 11.4 Å². The molecule has 1 aliphatic carbocycles. The van der Waals surface area contributed by atoms with Crippen LogP contribution in [0.4, 0.5) is 0 Å². The SMILES string of the molecule is C[C@@H](OC(=O)c1ccc2c(c1)OCO2)C(=O)N[C@@H]1CCCc2ccccc21. The molecule has 6 heteroatoms. The van der Waals surface area contributed by atoms with Gasteiger partial charge in [0.2, 0.25) is 6.79 Å². The molecule has 0 saturated heterocycles. The number of carbonyl (C=O) groups excluding carboxylic acids is 2. The fourth-order valence-corrected chi connectivity index (χ4v) is 3.50. The molecule has 27 heavy (non-hydrogen) atoms. The average molecular weight is 367 g/mol. The van der Waals surface area contributed by atoms with Gasteiger partial charge in [-0.3, -0.25) is 4.79 Å². The zero-order valence-electron chi connectivity index (χ0n) is 15.1. The summed E-state index contributed by atoms with van der Waals surface area (Å²) >= 11 is 0. The number of rotatable bonds is 4. The maximum absolute atomic E-state index is 12.5. The number of hydrogen-bond acceptors (Lipinski definition) is 5. The van der Waals surface area contributed by atoms with Gasteiger partial charge in [-0.05, 0) is 55.5 Å². The van der Waals surface area contributed by atoms with Gasteiger partial charge in [0.05, 0.1) is 11.6 Å². The second kappa shape index (κ2) is 7.31. The lowest BCUT2D eigenvalue weighted by Gasteiger charge is -2.27. The second-order valence-electron chi connectivity index (χ2n) is 6.77. The predicted octanol–water partition coefficient (Wildman–Crippen LogP) is 3.15. The van der Waals surface area contributed by atoms with Crippen molar-refractivity contribution in [1.82, 2.24) is 5.32 Å². The second-order valence-corrected chi connectivity index (χ2v) is 6.77. The molecule has 2 aromatic carbocycles. The molecule has 0 bridgehead atoms. The van der Waals surface area contributed by atoms with Gasteiger partial charge in [-0.1, -0.05) is 24.3 Å². The van der Waals surface area contributed by atoms with E-state index in [9.17, 15) is 9.59 Å². The van der Waals surface area contributed by atoms with Gasteiger partial charge in [-0.2, -0.15) is 0 Å². The minimum Gasteiger partial charge on any atom is -0.454 e. The van der Waals surface area contributed by atoms with Gasteiger partial charge in [0, 0.05) is 0 Å². The highest BCUT2D eigenvalue weighted by Gasteiger charge is 2.26. The molecular weight excluding hydrogens is 346 g/mol. The highest BCUT2D eigenvalue weighted by molar-refractivity contribution is 5.93. The van der Waals surface area contributed by atoms with E-state index in [0.717, 1.165) is 24.8 Å². The summed E-state index contributed by atoms with van der Waals surface area (Å²) in [5.41, 5.74) is 2.73. The molecule has 4 rings (SSSR count). The van der Waals surface area contributed by atoms with Gasteiger partial charge in [0.1, 0.15) is 0 Å². The van der Waals surface area contributed by atoms with Crippen LogP contribution in [0.5, 0.6) is 11.5 Å². The van der Waals surface area contributed by atoms with E-state index in [-0.39, 0.29) is 18.7 Å². The van der Waals surface area contributed by atoms with Crippen molar-refractivity contribution in [2.45, 2.75) is 38.3 Å². The topological polar surface area (TPSA) is 73.9 Å². The molecule has 0 unspecified atom stereocenters. The Morgan fingerprint density at radius 1 is 1.15 bits per heavy atom. The number of carbonyl (C=O) groups is 2. The lowest BCUT2D eigenvalue weighted by atomic mass is 9.87. The van der Waals surface area contributed by atoms with Gasteiger partial charge in [0.25, 0.3) is 5.91 Å². The number of hydrogen-bond donors (Lipinski definition) is 1.